The number of carbonyl (C=O) groups excluding carboxylic acids is 2. The second kappa shape index (κ2) is 9.31. The molecule has 0 heterocycles. The fourth-order valence-electron chi connectivity index (χ4n) is 3.65. The van der Waals surface area contributed by atoms with Crippen LogP contribution in [0.2, 0.25) is 0 Å². The number of amides is 1. The summed E-state index contributed by atoms with van der Waals surface area (Å²) in [5.41, 5.74) is -0.345. The summed E-state index contributed by atoms with van der Waals surface area (Å²) in [4.78, 5) is 35.7. The lowest BCUT2D eigenvalue weighted by Crippen LogP contribution is -2.48. The number of carbonyl (C=O) groups is 3. The third-order valence-corrected chi connectivity index (χ3v) is 5.56. The number of carboxylic acid groups (broad SMARTS) is 1. The van der Waals surface area contributed by atoms with Crippen LogP contribution in [0.5, 0.6) is 5.75 Å². The molecule has 1 amide bonds. The van der Waals surface area contributed by atoms with Crippen LogP contribution in [0.4, 0.5) is 0 Å². The number of hydrogen-bond donors (Lipinski definition) is 4. The average Bonchev–Trinajstić information content (AvgIpc) is 2.65. The molecule has 0 aromatic heterocycles. The first-order valence-corrected chi connectivity index (χ1v) is 9.97. The van der Waals surface area contributed by atoms with Gasteiger partial charge in [-0.25, -0.2) is 4.79 Å². The normalized spacial score (nSPS) is 22.2. The van der Waals surface area contributed by atoms with Crippen molar-refractivity contribution in [2.45, 2.75) is 52.2 Å². The summed E-state index contributed by atoms with van der Waals surface area (Å²) in [5.74, 6) is -1.72. The van der Waals surface area contributed by atoms with Crippen molar-refractivity contribution >= 4 is 17.7 Å². The molecular formula is C24H29NO6. The number of nitrogens with one attached hydrogen (secondary N) is 1. The Kier molecular flexibility index (Phi) is 7.23. The Morgan fingerprint density at radius 1 is 1.23 bits per heavy atom. The molecule has 0 fully saturated rings. The maximum atomic E-state index is 12.3. The number of phenols is 1. The fraction of sp³-hybridized carbons (Fsp3) is 0.375. The minimum atomic E-state index is -1.34. The highest BCUT2D eigenvalue weighted by Gasteiger charge is 2.46. The first-order chi connectivity index (χ1) is 14.3. The number of aliphatic carboxylic acids is 1. The number of carboxylic acids is 1. The van der Waals surface area contributed by atoms with Crippen LogP contribution in [0.25, 0.3) is 0 Å². The average molecular weight is 427 g/mol. The third-order valence-electron chi connectivity index (χ3n) is 5.56. The lowest BCUT2D eigenvalue weighted by molar-refractivity contribution is -0.141. The molecule has 0 spiro atoms. The summed E-state index contributed by atoms with van der Waals surface area (Å²) in [5, 5.41) is 32.4. The Labute approximate surface area is 181 Å². The standard InChI is InChI=1S/C24H29NO6/c1-15(9-10-24(31)16(2)12-19(27)14-23(24,3)4)11-21(28)25-20(22(29)30)13-17-5-7-18(26)8-6-17/h5-12,20,26,31H,13-14H2,1-4H3,(H,25,28)(H,29,30)/b10-9+,15-11-/t20-,24-/m0/s1. The maximum Gasteiger partial charge on any atom is 0.326 e. The number of ketones is 1. The van der Waals surface area contributed by atoms with Crippen molar-refractivity contribution in [2.24, 2.45) is 5.41 Å². The minimum absolute atomic E-state index is 0.0412. The monoisotopic (exact) mass is 427 g/mol. The SMILES string of the molecule is CC1=CC(=O)CC(C)(C)[C@]1(O)/C=C/C(C)=C\C(=O)N[C@@H](Cc1ccc(O)cc1)C(=O)O. The number of aliphatic hydroxyl groups is 1. The molecule has 0 unspecified atom stereocenters. The first-order valence-electron chi connectivity index (χ1n) is 9.97. The van der Waals surface area contributed by atoms with Crippen molar-refractivity contribution < 1.29 is 29.7 Å². The lowest BCUT2D eigenvalue weighted by Gasteiger charge is -2.44. The number of aromatic hydroxyl groups is 1. The van der Waals surface area contributed by atoms with Gasteiger partial charge in [0, 0.05) is 24.3 Å². The summed E-state index contributed by atoms with van der Waals surface area (Å²) in [7, 11) is 0. The van der Waals surface area contributed by atoms with E-state index in [1.165, 1.54) is 24.3 Å². The van der Waals surface area contributed by atoms with Gasteiger partial charge in [0.1, 0.15) is 17.4 Å². The van der Waals surface area contributed by atoms with E-state index in [2.05, 4.69) is 5.32 Å². The molecule has 0 saturated heterocycles. The molecule has 31 heavy (non-hydrogen) atoms. The number of benzene rings is 1. The lowest BCUT2D eigenvalue weighted by atomic mass is 9.64. The number of rotatable bonds is 7. The molecule has 0 bridgehead atoms. The Hall–Kier alpha value is -3.19. The van der Waals surface area contributed by atoms with Gasteiger partial charge in [0.05, 0.1) is 0 Å². The van der Waals surface area contributed by atoms with Gasteiger partial charge < -0.3 is 20.6 Å². The van der Waals surface area contributed by atoms with Crippen LogP contribution in [0.3, 0.4) is 0 Å². The van der Waals surface area contributed by atoms with Gasteiger partial charge in [-0.05, 0) is 54.8 Å². The van der Waals surface area contributed by atoms with E-state index in [4.69, 9.17) is 0 Å². The number of allylic oxidation sites excluding steroid dienone is 3. The Morgan fingerprint density at radius 2 is 1.84 bits per heavy atom. The zero-order valence-electron chi connectivity index (χ0n) is 18.2. The second-order valence-corrected chi connectivity index (χ2v) is 8.61. The van der Waals surface area contributed by atoms with E-state index in [9.17, 15) is 29.7 Å². The molecular weight excluding hydrogens is 398 g/mol. The predicted molar refractivity (Wildman–Crippen MR) is 116 cm³/mol. The Bertz CT molecular complexity index is 955. The largest absolute Gasteiger partial charge is 0.508 e. The number of hydrogen-bond acceptors (Lipinski definition) is 5. The molecule has 166 valence electrons. The summed E-state index contributed by atoms with van der Waals surface area (Å²) in [6.45, 7) is 6.96. The number of phenolic OH excluding ortho intramolecular Hbond substituents is 1. The topological polar surface area (TPSA) is 124 Å². The molecule has 2 rings (SSSR count). The van der Waals surface area contributed by atoms with Gasteiger partial charge in [-0.3, -0.25) is 9.59 Å². The Morgan fingerprint density at radius 3 is 2.39 bits per heavy atom. The molecule has 1 aliphatic carbocycles. The van der Waals surface area contributed by atoms with Crippen molar-refractivity contribution in [3.05, 3.63) is 65.3 Å². The summed E-state index contributed by atoms with van der Waals surface area (Å²) >= 11 is 0. The summed E-state index contributed by atoms with van der Waals surface area (Å²) in [6, 6.07) is 4.95. The van der Waals surface area contributed by atoms with E-state index < -0.39 is 28.9 Å². The van der Waals surface area contributed by atoms with Gasteiger partial charge >= 0.3 is 5.97 Å². The Balaban J connectivity index is 2.12. The third kappa shape index (κ3) is 5.92. The van der Waals surface area contributed by atoms with Crippen LogP contribution >= 0.6 is 0 Å². The molecule has 1 aromatic rings. The fourth-order valence-corrected chi connectivity index (χ4v) is 3.65. The molecule has 0 saturated carbocycles. The van der Waals surface area contributed by atoms with Crippen LogP contribution in [0, 0.1) is 5.41 Å². The van der Waals surface area contributed by atoms with Gasteiger partial charge in [0.25, 0.3) is 0 Å². The van der Waals surface area contributed by atoms with Crippen molar-refractivity contribution in [3.8, 4) is 5.75 Å². The summed E-state index contributed by atoms with van der Waals surface area (Å²) in [6.07, 6.45) is 6.11. The summed E-state index contributed by atoms with van der Waals surface area (Å²) < 4.78 is 0. The predicted octanol–water partition coefficient (Wildman–Crippen LogP) is 2.68. The van der Waals surface area contributed by atoms with E-state index in [0.29, 0.717) is 16.7 Å². The quantitative estimate of drug-likeness (QED) is 0.392. The second-order valence-electron chi connectivity index (χ2n) is 8.61. The molecule has 2 atom stereocenters. The van der Waals surface area contributed by atoms with Crippen molar-refractivity contribution in [3.63, 3.8) is 0 Å². The first kappa shape index (κ1) is 24.1. The smallest absolute Gasteiger partial charge is 0.326 e. The highest BCUT2D eigenvalue weighted by atomic mass is 16.4. The van der Waals surface area contributed by atoms with Gasteiger partial charge in [-0.2, -0.15) is 0 Å². The van der Waals surface area contributed by atoms with E-state index in [1.54, 1.807) is 52.0 Å². The van der Waals surface area contributed by atoms with Gasteiger partial charge in [-0.1, -0.05) is 32.1 Å². The van der Waals surface area contributed by atoms with E-state index in [1.807, 2.05) is 0 Å². The minimum Gasteiger partial charge on any atom is -0.508 e. The zero-order chi connectivity index (χ0) is 23.4. The molecule has 0 radical (unpaired) electrons. The van der Waals surface area contributed by atoms with E-state index in [-0.39, 0.29) is 24.4 Å². The van der Waals surface area contributed by atoms with Crippen molar-refractivity contribution in [1.29, 1.82) is 0 Å². The van der Waals surface area contributed by atoms with Crippen LogP contribution < -0.4 is 5.32 Å². The van der Waals surface area contributed by atoms with E-state index >= 15 is 0 Å². The molecule has 1 aromatic carbocycles. The van der Waals surface area contributed by atoms with Crippen LogP contribution in [0.1, 0.15) is 39.7 Å². The zero-order valence-corrected chi connectivity index (χ0v) is 18.2. The molecule has 7 nitrogen and oxygen atoms in total. The van der Waals surface area contributed by atoms with Gasteiger partial charge in [0.2, 0.25) is 5.91 Å². The van der Waals surface area contributed by atoms with Crippen LogP contribution in [-0.2, 0) is 20.8 Å². The van der Waals surface area contributed by atoms with Crippen molar-refractivity contribution in [2.75, 3.05) is 0 Å². The van der Waals surface area contributed by atoms with Crippen LogP contribution in [-0.4, -0.2) is 44.6 Å². The highest BCUT2D eigenvalue weighted by molar-refractivity contribution is 5.93. The molecule has 7 heteroatoms. The van der Waals surface area contributed by atoms with Gasteiger partial charge in [-0.15, -0.1) is 0 Å². The van der Waals surface area contributed by atoms with Gasteiger partial charge in [0.15, 0.2) is 5.78 Å². The highest BCUT2D eigenvalue weighted by Crippen LogP contribution is 2.44. The molecule has 4 N–H and O–H groups in total. The van der Waals surface area contributed by atoms with Crippen LogP contribution in [0.15, 0.2) is 59.7 Å². The molecule has 0 aliphatic heterocycles. The maximum absolute atomic E-state index is 12.3. The van der Waals surface area contributed by atoms with Crippen molar-refractivity contribution in [1.82, 2.24) is 5.32 Å². The molecule has 1 aliphatic rings. The van der Waals surface area contributed by atoms with E-state index in [0.717, 1.165) is 0 Å².